The second-order valence-corrected chi connectivity index (χ2v) is 5.08. The zero-order valence-corrected chi connectivity index (χ0v) is 11.6. The summed E-state index contributed by atoms with van der Waals surface area (Å²) in [5.41, 5.74) is 2.64. The Labute approximate surface area is 110 Å². The molecule has 1 aliphatic heterocycles. The molecule has 18 heavy (non-hydrogen) atoms. The van der Waals surface area contributed by atoms with E-state index in [1.807, 2.05) is 0 Å². The van der Waals surface area contributed by atoms with Gasteiger partial charge in [-0.1, -0.05) is 12.1 Å². The van der Waals surface area contributed by atoms with E-state index in [-0.39, 0.29) is 0 Å². The molecule has 2 atom stereocenters. The molecule has 0 aromatic heterocycles. The van der Waals surface area contributed by atoms with Crippen LogP contribution in [0.25, 0.3) is 0 Å². The standard InChI is InChI=1S/C15H24N2O/c1-4-17(14-7-5-6-12(2)8-14)11-13-9-15(18-3)10-16-13/h5-8,13,15-16H,4,9-11H2,1-3H3. The highest BCUT2D eigenvalue weighted by Crippen LogP contribution is 2.18. The SMILES string of the molecule is CCN(CC1CC(OC)CN1)c1cccc(C)c1. The average molecular weight is 248 g/mol. The van der Waals surface area contributed by atoms with Gasteiger partial charge < -0.3 is 15.0 Å². The van der Waals surface area contributed by atoms with Crippen LogP contribution < -0.4 is 10.2 Å². The molecule has 0 saturated carbocycles. The van der Waals surface area contributed by atoms with Gasteiger partial charge >= 0.3 is 0 Å². The Morgan fingerprint density at radius 1 is 1.44 bits per heavy atom. The van der Waals surface area contributed by atoms with Crippen molar-refractivity contribution in [3.05, 3.63) is 29.8 Å². The van der Waals surface area contributed by atoms with Crippen molar-refractivity contribution in [3.63, 3.8) is 0 Å². The lowest BCUT2D eigenvalue weighted by molar-refractivity contribution is 0.117. The molecule has 1 N–H and O–H groups in total. The van der Waals surface area contributed by atoms with Gasteiger partial charge in [-0.05, 0) is 38.0 Å². The van der Waals surface area contributed by atoms with Gasteiger partial charge in [0.2, 0.25) is 0 Å². The van der Waals surface area contributed by atoms with Crippen molar-refractivity contribution in [3.8, 4) is 0 Å². The minimum Gasteiger partial charge on any atom is -0.380 e. The molecule has 3 heteroatoms. The fourth-order valence-corrected chi connectivity index (χ4v) is 2.61. The average Bonchev–Trinajstić information content (AvgIpc) is 2.83. The quantitative estimate of drug-likeness (QED) is 0.864. The molecular formula is C15H24N2O. The summed E-state index contributed by atoms with van der Waals surface area (Å²) in [5, 5.41) is 3.54. The van der Waals surface area contributed by atoms with Crippen LogP contribution in [-0.4, -0.2) is 38.9 Å². The van der Waals surface area contributed by atoms with Gasteiger partial charge in [-0.2, -0.15) is 0 Å². The van der Waals surface area contributed by atoms with E-state index in [0.717, 1.165) is 26.1 Å². The molecule has 1 aromatic rings. The van der Waals surface area contributed by atoms with Crippen LogP contribution in [0.15, 0.2) is 24.3 Å². The Bertz CT molecular complexity index is 381. The number of anilines is 1. The number of benzene rings is 1. The molecule has 0 radical (unpaired) electrons. The van der Waals surface area contributed by atoms with E-state index in [9.17, 15) is 0 Å². The second-order valence-electron chi connectivity index (χ2n) is 5.08. The molecule has 1 saturated heterocycles. The Morgan fingerprint density at radius 3 is 2.89 bits per heavy atom. The van der Waals surface area contributed by atoms with Crippen LogP contribution >= 0.6 is 0 Å². The van der Waals surface area contributed by atoms with Crippen LogP contribution in [0.3, 0.4) is 0 Å². The first-order valence-electron chi connectivity index (χ1n) is 6.80. The normalized spacial score (nSPS) is 23.3. The van der Waals surface area contributed by atoms with Gasteiger partial charge in [-0.25, -0.2) is 0 Å². The zero-order valence-electron chi connectivity index (χ0n) is 11.6. The third-order valence-electron chi connectivity index (χ3n) is 3.70. The fraction of sp³-hybridized carbons (Fsp3) is 0.600. The van der Waals surface area contributed by atoms with E-state index in [1.165, 1.54) is 11.3 Å². The summed E-state index contributed by atoms with van der Waals surface area (Å²) in [6, 6.07) is 9.26. The number of nitrogens with zero attached hydrogens (tertiary/aromatic N) is 1. The molecule has 3 nitrogen and oxygen atoms in total. The number of ether oxygens (including phenoxy) is 1. The van der Waals surface area contributed by atoms with Gasteiger partial charge in [0, 0.05) is 38.5 Å². The Morgan fingerprint density at radius 2 is 2.28 bits per heavy atom. The third-order valence-corrected chi connectivity index (χ3v) is 3.70. The van der Waals surface area contributed by atoms with E-state index in [1.54, 1.807) is 7.11 Å². The molecule has 1 fully saturated rings. The summed E-state index contributed by atoms with van der Waals surface area (Å²) in [6.07, 6.45) is 1.49. The second kappa shape index (κ2) is 6.21. The summed E-state index contributed by atoms with van der Waals surface area (Å²) in [4.78, 5) is 2.43. The first-order chi connectivity index (χ1) is 8.72. The van der Waals surface area contributed by atoms with E-state index in [0.29, 0.717) is 12.1 Å². The van der Waals surface area contributed by atoms with Crippen LogP contribution in [0.4, 0.5) is 5.69 Å². The molecule has 2 rings (SSSR count). The smallest absolute Gasteiger partial charge is 0.0711 e. The number of nitrogens with one attached hydrogen (secondary N) is 1. The number of hydrogen-bond acceptors (Lipinski definition) is 3. The molecule has 1 aliphatic rings. The monoisotopic (exact) mass is 248 g/mol. The van der Waals surface area contributed by atoms with Crippen molar-refractivity contribution in [2.75, 3.05) is 31.6 Å². The van der Waals surface area contributed by atoms with Crippen molar-refractivity contribution >= 4 is 5.69 Å². The van der Waals surface area contributed by atoms with Crippen LogP contribution in [0, 0.1) is 6.92 Å². The Balaban J connectivity index is 1.97. The lowest BCUT2D eigenvalue weighted by Gasteiger charge is -2.26. The molecule has 0 bridgehead atoms. The molecular weight excluding hydrogens is 224 g/mol. The Hall–Kier alpha value is -1.06. The number of aryl methyl sites for hydroxylation is 1. The van der Waals surface area contributed by atoms with Crippen molar-refractivity contribution in [2.45, 2.75) is 32.4 Å². The molecule has 1 heterocycles. The van der Waals surface area contributed by atoms with E-state index < -0.39 is 0 Å². The maximum atomic E-state index is 5.40. The summed E-state index contributed by atoms with van der Waals surface area (Å²) in [7, 11) is 1.80. The van der Waals surface area contributed by atoms with Gasteiger partial charge in [0.05, 0.1) is 6.10 Å². The van der Waals surface area contributed by atoms with Crippen molar-refractivity contribution in [1.29, 1.82) is 0 Å². The van der Waals surface area contributed by atoms with E-state index in [2.05, 4.69) is 48.3 Å². The zero-order chi connectivity index (χ0) is 13.0. The van der Waals surface area contributed by atoms with Gasteiger partial charge in [0.25, 0.3) is 0 Å². The van der Waals surface area contributed by atoms with Gasteiger partial charge in [-0.3, -0.25) is 0 Å². The third kappa shape index (κ3) is 3.24. The number of methoxy groups -OCH3 is 1. The summed E-state index contributed by atoms with van der Waals surface area (Å²) < 4.78 is 5.40. The van der Waals surface area contributed by atoms with Crippen molar-refractivity contribution in [1.82, 2.24) is 5.32 Å². The first kappa shape index (κ1) is 13.4. The largest absolute Gasteiger partial charge is 0.380 e. The fourth-order valence-electron chi connectivity index (χ4n) is 2.61. The highest BCUT2D eigenvalue weighted by molar-refractivity contribution is 5.48. The molecule has 1 aromatic carbocycles. The van der Waals surface area contributed by atoms with Gasteiger partial charge in [0.1, 0.15) is 0 Å². The summed E-state index contributed by atoms with van der Waals surface area (Å²) in [5.74, 6) is 0. The highest BCUT2D eigenvalue weighted by atomic mass is 16.5. The summed E-state index contributed by atoms with van der Waals surface area (Å²) >= 11 is 0. The maximum absolute atomic E-state index is 5.40. The van der Waals surface area contributed by atoms with Crippen LogP contribution in [0.5, 0.6) is 0 Å². The maximum Gasteiger partial charge on any atom is 0.0711 e. The van der Waals surface area contributed by atoms with Crippen LogP contribution in [-0.2, 0) is 4.74 Å². The van der Waals surface area contributed by atoms with Crippen molar-refractivity contribution in [2.24, 2.45) is 0 Å². The van der Waals surface area contributed by atoms with Crippen LogP contribution in [0.2, 0.25) is 0 Å². The molecule has 100 valence electrons. The molecule has 0 aliphatic carbocycles. The number of hydrogen-bond donors (Lipinski definition) is 1. The number of likely N-dealkylation sites (N-methyl/N-ethyl adjacent to an activating group) is 1. The van der Waals surface area contributed by atoms with Crippen LogP contribution in [0.1, 0.15) is 18.9 Å². The predicted molar refractivity (Wildman–Crippen MR) is 76.3 cm³/mol. The molecule has 0 spiro atoms. The van der Waals surface area contributed by atoms with Gasteiger partial charge in [-0.15, -0.1) is 0 Å². The van der Waals surface area contributed by atoms with E-state index >= 15 is 0 Å². The minimum atomic E-state index is 0.381. The lowest BCUT2D eigenvalue weighted by Crippen LogP contribution is -2.37. The van der Waals surface area contributed by atoms with Crippen molar-refractivity contribution < 1.29 is 4.74 Å². The Kier molecular flexibility index (Phi) is 4.61. The topological polar surface area (TPSA) is 24.5 Å². The lowest BCUT2D eigenvalue weighted by atomic mass is 10.1. The van der Waals surface area contributed by atoms with E-state index in [4.69, 9.17) is 4.74 Å². The highest BCUT2D eigenvalue weighted by Gasteiger charge is 2.25. The molecule has 0 amide bonds. The molecule has 2 unspecified atom stereocenters. The van der Waals surface area contributed by atoms with Gasteiger partial charge in [0.15, 0.2) is 0 Å². The minimum absolute atomic E-state index is 0.381. The summed E-state index contributed by atoms with van der Waals surface area (Å²) in [6.45, 7) is 7.43. The first-order valence-corrected chi connectivity index (χ1v) is 6.80. The number of rotatable bonds is 5. The predicted octanol–water partition coefficient (Wildman–Crippen LogP) is 2.20.